The fraction of sp³-hybridized carbons (Fsp3) is 0.263. The minimum absolute atomic E-state index is 0.0368. The molecule has 1 amide bonds. The van der Waals surface area contributed by atoms with Gasteiger partial charge in [-0.05, 0) is 42.2 Å². The minimum atomic E-state index is -4.48. The maximum atomic E-state index is 12.9. The highest BCUT2D eigenvalue weighted by atomic mass is 19.4. The Morgan fingerprint density at radius 3 is 2.30 bits per heavy atom. The van der Waals surface area contributed by atoms with Gasteiger partial charge in [-0.25, -0.2) is 4.79 Å². The van der Waals surface area contributed by atoms with Gasteiger partial charge in [0.15, 0.2) is 0 Å². The summed E-state index contributed by atoms with van der Waals surface area (Å²) < 4.78 is 38.7. The second kappa shape index (κ2) is 8.68. The summed E-state index contributed by atoms with van der Waals surface area (Å²) in [6.45, 7) is -0.0843. The molecule has 0 bridgehead atoms. The first-order valence-electron chi connectivity index (χ1n) is 8.14. The molecular formula is C19H18F3NO4. The van der Waals surface area contributed by atoms with E-state index in [0.717, 1.165) is 0 Å². The van der Waals surface area contributed by atoms with Crippen LogP contribution in [0.1, 0.15) is 38.3 Å². The lowest BCUT2D eigenvalue weighted by Gasteiger charge is -2.15. The standard InChI is InChI=1S/C19H18F3NO4/c20-19(21,22)11-13-10-12(4-3-9-24)7-8-16(13)23-17(25)14-5-1-2-6-15(14)18(26)27/h1-2,5-8,10,24H,3-4,9,11H2,(H,23,25)(H,26,27). The zero-order chi connectivity index (χ0) is 20.0. The average molecular weight is 381 g/mol. The number of hydrogen-bond acceptors (Lipinski definition) is 3. The zero-order valence-electron chi connectivity index (χ0n) is 14.2. The number of anilines is 1. The smallest absolute Gasteiger partial charge is 0.393 e. The minimum Gasteiger partial charge on any atom is -0.478 e. The first kappa shape index (κ1) is 20.4. The van der Waals surface area contributed by atoms with Crippen LogP contribution in [0, 0.1) is 0 Å². The van der Waals surface area contributed by atoms with E-state index in [0.29, 0.717) is 18.4 Å². The highest BCUT2D eigenvalue weighted by Gasteiger charge is 2.29. The van der Waals surface area contributed by atoms with Crippen LogP contribution in [0.5, 0.6) is 0 Å². The van der Waals surface area contributed by atoms with Crippen molar-refractivity contribution in [1.29, 1.82) is 0 Å². The predicted molar refractivity (Wildman–Crippen MR) is 93.0 cm³/mol. The molecule has 0 saturated carbocycles. The summed E-state index contributed by atoms with van der Waals surface area (Å²) in [7, 11) is 0. The number of aliphatic hydroxyl groups excluding tert-OH is 1. The summed E-state index contributed by atoms with van der Waals surface area (Å²) in [6, 6.07) is 9.70. The van der Waals surface area contributed by atoms with Crippen molar-refractivity contribution >= 4 is 17.6 Å². The SMILES string of the molecule is O=C(O)c1ccccc1C(=O)Nc1ccc(CCCO)cc1CC(F)(F)F. The van der Waals surface area contributed by atoms with Crippen LogP contribution in [0.4, 0.5) is 18.9 Å². The molecular weight excluding hydrogens is 363 g/mol. The van der Waals surface area contributed by atoms with E-state index in [1.54, 1.807) is 6.07 Å². The number of rotatable bonds is 7. The highest BCUT2D eigenvalue weighted by Crippen LogP contribution is 2.28. The summed E-state index contributed by atoms with van der Waals surface area (Å²) in [4.78, 5) is 23.7. The van der Waals surface area contributed by atoms with E-state index in [2.05, 4.69) is 5.32 Å². The first-order chi connectivity index (χ1) is 12.7. The third-order valence-electron chi connectivity index (χ3n) is 3.83. The van der Waals surface area contributed by atoms with Crippen LogP contribution >= 0.6 is 0 Å². The van der Waals surface area contributed by atoms with Crippen LogP contribution in [-0.4, -0.2) is 34.9 Å². The Kier molecular flexibility index (Phi) is 6.57. The molecule has 0 radical (unpaired) electrons. The number of carbonyl (C=O) groups excluding carboxylic acids is 1. The van der Waals surface area contributed by atoms with Crippen LogP contribution in [0.15, 0.2) is 42.5 Å². The molecule has 0 heterocycles. The molecule has 0 unspecified atom stereocenters. The Bertz CT molecular complexity index is 834. The van der Waals surface area contributed by atoms with E-state index >= 15 is 0 Å². The number of carbonyl (C=O) groups is 2. The van der Waals surface area contributed by atoms with Gasteiger partial charge >= 0.3 is 12.1 Å². The predicted octanol–water partition coefficient (Wildman–Crippen LogP) is 3.67. The highest BCUT2D eigenvalue weighted by molar-refractivity contribution is 6.10. The van der Waals surface area contributed by atoms with Gasteiger partial charge in [-0.2, -0.15) is 13.2 Å². The van der Waals surface area contributed by atoms with Gasteiger partial charge in [0.25, 0.3) is 5.91 Å². The van der Waals surface area contributed by atoms with E-state index in [1.165, 1.54) is 36.4 Å². The van der Waals surface area contributed by atoms with E-state index in [1.807, 2.05) is 0 Å². The number of benzene rings is 2. The van der Waals surface area contributed by atoms with Gasteiger partial charge < -0.3 is 15.5 Å². The molecule has 0 atom stereocenters. The summed E-state index contributed by atoms with van der Waals surface area (Å²) in [5.41, 5.74) is 0.0517. The molecule has 0 aliphatic carbocycles. The van der Waals surface area contributed by atoms with Crippen LogP contribution in [0.2, 0.25) is 0 Å². The fourth-order valence-electron chi connectivity index (χ4n) is 2.63. The van der Waals surface area contributed by atoms with Gasteiger partial charge in [0, 0.05) is 12.3 Å². The van der Waals surface area contributed by atoms with Crippen molar-refractivity contribution < 1.29 is 33.0 Å². The van der Waals surface area contributed by atoms with Crippen LogP contribution in [-0.2, 0) is 12.8 Å². The lowest BCUT2D eigenvalue weighted by atomic mass is 10.0. The summed E-state index contributed by atoms with van der Waals surface area (Å²) in [5.74, 6) is -2.12. The number of carboxylic acid groups (broad SMARTS) is 1. The molecule has 0 spiro atoms. The number of hydrogen-bond donors (Lipinski definition) is 3. The topological polar surface area (TPSA) is 86.6 Å². The van der Waals surface area contributed by atoms with Gasteiger partial charge in [0.2, 0.25) is 0 Å². The van der Waals surface area contributed by atoms with Gasteiger partial charge in [-0.3, -0.25) is 4.79 Å². The van der Waals surface area contributed by atoms with Crippen molar-refractivity contribution in [2.24, 2.45) is 0 Å². The number of aryl methyl sites for hydroxylation is 1. The van der Waals surface area contributed by atoms with E-state index < -0.39 is 24.5 Å². The van der Waals surface area contributed by atoms with Gasteiger partial charge in [-0.1, -0.05) is 24.3 Å². The molecule has 27 heavy (non-hydrogen) atoms. The van der Waals surface area contributed by atoms with Crippen molar-refractivity contribution in [1.82, 2.24) is 0 Å². The number of amides is 1. The molecule has 8 heteroatoms. The maximum absolute atomic E-state index is 12.9. The number of carboxylic acids is 1. The Hall–Kier alpha value is -2.87. The third kappa shape index (κ3) is 5.82. The Morgan fingerprint density at radius 2 is 1.70 bits per heavy atom. The molecule has 2 rings (SSSR count). The second-order valence-electron chi connectivity index (χ2n) is 5.92. The van der Waals surface area contributed by atoms with Crippen molar-refractivity contribution in [3.8, 4) is 0 Å². The monoisotopic (exact) mass is 381 g/mol. The molecule has 0 aliphatic rings. The van der Waals surface area contributed by atoms with E-state index in [9.17, 15) is 22.8 Å². The molecule has 0 aliphatic heterocycles. The largest absolute Gasteiger partial charge is 0.478 e. The van der Waals surface area contributed by atoms with Crippen LogP contribution in [0.25, 0.3) is 0 Å². The van der Waals surface area contributed by atoms with Crippen molar-refractivity contribution in [2.75, 3.05) is 11.9 Å². The van der Waals surface area contributed by atoms with Gasteiger partial charge in [0.05, 0.1) is 17.5 Å². The Balaban J connectivity index is 2.34. The lowest BCUT2D eigenvalue weighted by molar-refractivity contribution is -0.127. The van der Waals surface area contributed by atoms with E-state index in [-0.39, 0.29) is 29.0 Å². The summed E-state index contributed by atoms with van der Waals surface area (Å²) in [5, 5.41) is 20.4. The third-order valence-corrected chi connectivity index (χ3v) is 3.83. The number of aromatic carboxylic acids is 1. The molecule has 0 saturated heterocycles. The number of halogens is 3. The van der Waals surface area contributed by atoms with Crippen LogP contribution < -0.4 is 5.32 Å². The van der Waals surface area contributed by atoms with E-state index in [4.69, 9.17) is 10.2 Å². The van der Waals surface area contributed by atoms with Crippen molar-refractivity contribution in [2.45, 2.75) is 25.4 Å². The lowest BCUT2D eigenvalue weighted by Crippen LogP contribution is -2.19. The number of nitrogens with one attached hydrogen (secondary N) is 1. The molecule has 2 aromatic rings. The Labute approximate surface area is 153 Å². The van der Waals surface area contributed by atoms with Gasteiger partial charge in [0.1, 0.15) is 0 Å². The number of alkyl halides is 3. The first-order valence-corrected chi connectivity index (χ1v) is 8.14. The van der Waals surface area contributed by atoms with Crippen LogP contribution in [0.3, 0.4) is 0 Å². The summed E-state index contributed by atoms with van der Waals surface area (Å²) in [6.07, 6.45) is -4.91. The van der Waals surface area contributed by atoms with Crippen molar-refractivity contribution in [3.05, 3.63) is 64.7 Å². The zero-order valence-corrected chi connectivity index (χ0v) is 14.2. The van der Waals surface area contributed by atoms with Crippen molar-refractivity contribution in [3.63, 3.8) is 0 Å². The Morgan fingerprint density at radius 1 is 1.04 bits per heavy atom. The average Bonchev–Trinajstić information content (AvgIpc) is 2.60. The quantitative estimate of drug-likeness (QED) is 0.683. The molecule has 2 aromatic carbocycles. The summed E-state index contributed by atoms with van der Waals surface area (Å²) >= 11 is 0. The fourth-order valence-corrected chi connectivity index (χ4v) is 2.63. The molecule has 144 valence electrons. The molecule has 5 nitrogen and oxygen atoms in total. The molecule has 0 fully saturated rings. The maximum Gasteiger partial charge on any atom is 0.393 e. The normalized spacial score (nSPS) is 11.3. The van der Waals surface area contributed by atoms with Gasteiger partial charge in [-0.15, -0.1) is 0 Å². The number of aliphatic hydroxyl groups is 1. The molecule has 3 N–H and O–H groups in total. The molecule has 0 aromatic heterocycles. The second-order valence-corrected chi connectivity index (χ2v) is 5.92.